The first-order valence-electron chi connectivity index (χ1n) is 5.16. The number of anilines is 1. The summed E-state index contributed by atoms with van der Waals surface area (Å²) >= 11 is 13.0. The molecule has 0 fully saturated rings. The number of rotatable bonds is 4. The molecule has 0 atom stereocenters. The van der Waals surface area contributed by atoms with Crippen molar-refractivity contribution in [3.8, 4) is 0 Å². The first-order chi connectivity index (χ1) is 9.06. The topological polar surface area (TPSA) is 72.7 Å². The highest BCUT2D eigenvalue weighted by atomic mass is 35.5. The number of hydrogen-bond donors (Lipinski definition) is 1. The Bertz CT molecular complexity index is 603. The second kappa shape index (κ2) is 6.23. The maximum Gasteiger partial charge on any atom is 0.234 e. The third-order valence-electron chi connectivity index (χ3n) is 2.12. The van der Waals surface area contributed by atoms with E-state index in [4.69, 9.17) is 23.2 Å². The lowest BCUT2D eigenvalue weighted by atomic mass is 10.3. The number of tetrazole rings is 1. The number of aryl methyl sites for hydroxylation is 1. The van der Waals surface area contributed by atoms with Gasteiger partial charge in [-0.05, 0) is 28.6 Å². The van der Waals surface area contributed by atoms with E-state index in [9.17, 15) is 4.79 Å². The number of aromatic nitrogens is 4. The second-order valence-electron chi connectivity index (χ2n) is 3.55. The van der Waals surface area contributed by atoms with Crippen LogP contribution in [0.1, 0.15) is 0 Å². The molecule has 2 aromatic rings. The number of nitrogens with zero attached hydrogens (tertiary/aromatic N) is 4. The minimum absolute atomic E-state index is 0.178. The summed E-state index contributed by atoms with van der Waals surface area (Å²) in [6.45, 7) is 0. The van der Waals surface area contributed by atoms with E-state index in [2.05, 4.69) is 20.8 Å². The van der Waals surface area contributed by atoms with E-state index in [0.29, 0.717) is 20.9 Å². The van der Waals surface area contributed by atoms with Gasteiger partial charge in [-0.3, -0.25) is 4.79 Å². The van der Waals surface area contributed by atoms with Gasteiger partial charge in [0.15, 0.2) is 0 Å². The average molecular weight is 318 g/mol. The molecule has 19 heavy (non-hydrogen) atoms. The van der Waals surface area contributed by atoms with Gasteiger partial charge >= 0.3 is 0 Å². The number of benzene rings is 1. The molecule has 9 heteroatoms. The molecule has 1 N–H and O–H groups in total. The van der Waals surface area contributed by atoms with Crippen LogP contribution in [0.15, 0.2) is 23.4 Å². The zero-order chi connectivity index (χ0) is 13.8. The van der Waals surface area contributed by atoms with Crippen LogP contribution in [-0.4, -0.2) is 31.9 Å². The third kappa shape index (κ3) is 3.82. The quantitative estimate of drug-likeness (QED) is 0.875. The molecular formula is C10H9Cl2N5OS. The predicted octanol–water partition coefficient (Wildman–Crippen LogP) is 2.25. The Morgan fingerprint density at radius 1 is 1.47 bits per heavy atom. The first-order valence-corrected chi connectivity index (χ1v) is 6.90. The first kappa shape index (κ1) is 14.1. The minimum Gasteiger partial charge on any atom is -0.324 e. The van der Waals surface area contributed by atoms with Crippen molar-refractivity contribution in [3.63, 3.8) is 0 Å². The summed E-state index contributed by atoms with van der Waals surface area (Å²) in [6.07, 6.45) is 0. The van der Waals surface area contributed by atoms with Gasteiger partial charge in [-0.2, -0.15) is 0 Å². The Balaban J connectivity index is 1.94. The summed E-state index contributed by atoms with van der Waals surface area (Å²) in [7, 11) is 1.70. The summed E-state index contributed by atoms with van der Waals surface area (Å²) in [5, 5.41) is 15.1. The van der Waals surface area contributed by atoms with Crippen LogP contribution in [-0.2, 0) is 11.8 Å². The largest absolute Gasteiger partial charge is 0.324 e. The summed E-state index contributed by atoms with van der Waals surface area (Å²) in [4.78, 5) is 11.8. The van der Waals surface area contributed by atoms with Crippen molar-refractivity contribution in [1.29, 1.82) is 0 Å². The Morgan fingerprint density at radius 2 is 2.26 bits per heavy atom. The second-order valence-corrected chi connectivity index (χ2v) is 5.33. The molecular weight excluding hydrogens is 309 g/mol. The van der Waals surface area contributed by atoms with E-state index in [-0.39, 0.29) is 11.7 Å². The van der Waals surface area contributed by atoms with Gasteiger partial charge in [0, 0.05) is 12.1 Å². The van der Waals surface area contributed by atoms with Crippen molar-refractivity contribution in [1.82, 2.24) is 20.2 Å². The van der Waals surface area contributed by atoms with Crippen LogP contribution < -0.4 is 5.32 Å². The van der Waals surface area contributed by atoms with Crippen molar-refractivity contribution < 1.29 is 4.79 Å². The highest BCUT2D eigenvalue weighted by Crippen LogP contribution is 2.25. The minimum atomic E-state index is -0.211. The fourth-order valence-corrected chi connectivity index (χ4v) is 2.24. The summed E-state index contributed by atoms with van der Waals surface area (Å²) in [5.74, 6) is -0.0333. The zero-order valence-corrected chi connectivity index (χ0v) is 12.1. The van der Waals surface area contributed by atoms with Gasteiger partial charge in [0.1, 0.15) is 0 Å². The lowest BCUT2D eigenvalue weighted by molar-refractivity contribution is -0.113. The molecule has 0 saturated heterocycles. The van der Waals surface area contributed by atoms with E-state index in [1.807, 2.05) is 0 Å². The number of thioether (sulfide) groups is 1. The molecule has 2 rings (SSSR count). The Hall–Kier alpha value is -1.31. The van der Waals surface area contributed by atoms with Crippen LogP contribution in [0.25, 0.3) is 0 Å². The van der Waals surface area contributed by atoms with E-state index in [1.165, 1.54) is 16.4 Å². The van der Waals surface area contributed by atoms with Crippen molar-refractivity contribution in [3.05, 3.63) is 28.2 Å². The standard InChI is InChI=1S/C10H9Cl2N5OS/c1-17-10(14-15-16-17)19-5-9(18)13-8-4-6(11)2-3-7(8)12/h2-4H,5H2,1H3,(H,13,18). The van der Waals surface area contributed by atoms with Gasteiger partial charge in [-0.15, -0.1) is 5.10 Å². The van der Waals surface area contributed by atoms with E-state index >= 15 is 0 Å². The molecule has 0 unspecified atom stereocenters. The maximum absolute atomic E-state index is 11.8. The molecule has 1 heterocycles. The van der Waals surface area contributed by atoms with Crippen LogP contribution in [0.4, 0.5) is 5.69 Å². The number of carbonyl (C=O) groups is 1. The fraction of sp³-hybridized carbons (Fsp3) is 0.200. The van der Waals surface area contributed by atoms with Crippen molar-refractivity contribution in [2.24, 2.45) is 7.05 Å². The SMILES string of the molecule is Cn1nnnc1SCC(=O)Nc1cc(Cl)ccc1Cl. The van der Waals surface area contributed by atoms with Gasteiger partial charge in [0.05, 0.1) is 16.5 Å². The lowest BCUT2D eigenvalue weighted by Gasteiger charge is -2.07. The Labute approximate surface area is 123 Å². The maximum atomic E-state index is 11.8. The molecule has 0 saturated carbocycles. The van der Waals surface area contributed by atoms with Crippen LogP contribution in [0, 0.1) is 0 Å². The molecule has 1 aromatic carbocycles. The summed E-state index contributed by atoms with van der Waals surface area (Å²) in [6, 6.07) is 4.87. The van der Waals surface area contributed by atoms with Crippen molar-refractivity contribution in [2.75, 3.05) is 11.1 Å². The molecule has 0 spiro atoms. The predicted molar refractivity (Wildman–Crippen MR) is 74.6 cm³/mol. The van der Waals surface area contributed by atoms with Gasteiger partial charge in [0.2, 0.25) is 11.1 Å². The van der Waals surface area contributed by atoms with Crippen LogP contribution >= 0.6 is 35.0 Å². The number of amides is 1. The number of carbonyl (C=O) groups excluding carboxylic acids is 1. The van der Waals surface area contributed by atoms with Gasteiger partial charge in [0.25, 0.3) is 0 Å². The monoisotopic (exact) mass is 317 g/mol. The molecule has 0 aliphatic rings. The normalized spacial score (nSPS) is 10.5. The Morgan fingerprint density at radius 3 is 2.95 bits per heavy atom. The van der Waals surface area contributed by atoms with Crippen molar-refractivity contribution >= 4 is 46.6 Å². The molecule has 0 bridgehead atoms. The van der Waals surface area contributed by atoms with Crippen LogP contribution in [0.3, 0.4) is 0 Å². The molecule has 6 nitrogen and oxygen atoms in total. The van der Waals surface area contributed by atoms with Crippen LogP contribution in [0.5, 0.6) is 0 Å². The molecule has 0 aliphatic heterocycles. The third-order valence-corrected chi connectivity index (χ3v) is 3.69. The van der Waals surface area contributed by atoms with Crippen molar-refractivity contribution in [2.45, 2.75) is 5.16 Å². The van der Waals surface area contributed by atoms with E-state index in [0.717, 1.165) is 0 Å². The van der Waals surface area contributed by atoms with Crippen LogP contribution in [0.2, 0.25) is 10.0 Å². The lowest BCUT2D eigenvalue weighted by Crippen LogP contribution is -2.14. The summed E-state index contributed by atoms with van der Waals surface area (Å²) < 4.78 is 1.49. The molecule has 0 aliphatic carbocycles. The Kier molecular flexibility index (Phi) is 4.62. The highest BCUT2D eigenvalue weighted by molar-refractivity contribution is 7.99. The van der Waals surface area contributed by atoms with Gasteiger partial charge < -0.3 is 5.32 Å². The summed E-state index contributed by atoms with van der Waals surface area (Å²) in [5.41, 5.74) is 0.482. The number of hydrogen-bond acceptors (Lipinski definition) is 5. The fourth-order valence-electron chi connectivity index (χ4n) is 1.25. The van der Waals surface area contributed by atoms with E-state index in [1.54, 1.807) is 25.2 Å². The highest BCUT2D eigenvalue weighted by Gasteiger charge is 2.10. The average Bonchev–Trinajstić information content (AvgIpc) is 2.77. The van der Waals surface area contributed by atoms with E-state index < -0.39 is 0 Å². The molecule has 1 aromatic heterocycles. The smallest absolute Gasteiger partial charge is 0.234 e. The number of nitrogens with one attached hydrogen (secondary N) is 1. The molecule has 1 amide bonds. The molecule has 0 radical (unpaired) electrons. The number of halogens is 2. The van der Waals surface area contributed by atoms with Gasteiger partial charge in [-0.25, -0.2) is 4.68 Å². The molecule has 100 valence electrons. The zero-order valence-electron chi connectivity index (χ0n) is 9.80. The van der Waals surface area contributed by atoms with Gasteiger partial charge in [-0.1, -0.05) is 35.0 Å².